The molecule has 9 heteroatoms. The van der Waals surface area contributed by atoms with Gasteiger partial charge in [-0.3, -0.25) is 0 Å². The molecule has 1 aliphatic rings. The number of halogens is 2. The Morgan fingerprint density at radius 1 is 1.24 bits per heavy atom. The Kier molecular flexibility index (Phi) is 7.64. The van der Waals surface area contributed by atoms with Gasteiger partial charge in [0, 0.05) is 18.8 Å². The second-order valence-corrected chi connectivity index (χ2v) is 10.4. The number of likely N-dealkylation sites (tertiary alicyclic amines) is 1. The molecular formula is C24H32Cl2N4O3. The highest BCUT2D eigenvalue weighted by Gasteiger charge is 2.30. The van der Waals surface area contributed by atoms with Gasteiger partial charge in [-0.1, -0.05) is 11.6 Å². The van der Waals surface area contributed by atoms with E-state index >= 15 is 0 Å². The normalized spacial score (nSPS) is 15.1. The Morgan fingerprint density at radius 3 is 2.45 bits per heavy atom. The van der Waals surface area contributed by atoms with Crippen LogP contribution in [0.25, 0.3) is 11.3 Å². The number of carbonyl (C=O) groups is 1. The summed E-state index contributed by atoms with van der Waals surface area (Å²) in [5, 5.41) is 0.429. The summed E-state index contributed by atoms with van der Waals surface area (Å²) in [6, 6.07) is 2.03. The number of hydrogen-bond acceptors (Lipinski definition) is 6. The third kappa shape index (κ3) is 6.01. The van der Waals surface area contributed by atoms with Crippen LogP contribution >= 0.6 is 23.2 Å². The highest BCUT2D eigenvalue weighted by atomic mass is 35.5. The molecule has 2 aromatic rings. The predicted octanol–water partition coefficient (Wildman–Crippen LogP) is 6.24. The van der Waals surface area contributed by atoms with Gasteiger partial charge in [0.15, 0.2) is 0 Å². The van der Waals surface area contributed by atoms with E-state index in [0.29, 0.717) is 40.8 Å². The van der Waals surface area contributed by atoms with Crippen molar-refractivity contribution >= 4 is 35.0 Å². The van der Waals surface area contributed by atoms with Gasteiger partial charge in [0.25, 0.3) is 0 Å². The molecule has 3 rings (SSSR count). The molecule has 2 N–H and O–H groups in total. The Balaban J connectivity index is 1.94. The monoisotopic (exact) mass is 494 g/mol. The first-order chi connectivity index (χ1) is 15.4. The molecule has 1 saturated heterocycles. The molecular weight excluding hydrogens is 463 g/mol. The molecule has 1 fully saturated rings. The van der Waals surface area contributed by atoms with Crippen molar-refractivity contribution in [2.75, 3.05) is 18.8 Å². The molecule has 1 aromatic heterocycles. The van der Waals surface area contributed by atoms with Crippen molar-refractivity contribution in [2.24, 2.45) is 0 Å². The fraction of sp³-hybridized carbons (Fsp3) is 0.542. The van der Waals surface area contributed by atoms with Crippen molar-refractivity contribution in [3.63, 3.8) is 0 Å². The predicted molar refractivity (Wildman–Crippen MR) is 132 cm³/mol. The molecule has 0 radical (unpaired) electrons. The van der Waals surface area contributed by atoms with Gasteiger partial charge >= 0.3 is 6.09 Å². The minimum atomic E-state index is -0.511. The number of piperidine rings is 1. The molecule has 0 unspecified atom stereocenters. The fourth-order valence-corrected chi connectivity index (χ4v) is 4.35. The molecule has 1 aromatic carbocycles. The topological polar surface area (TPSA) is 90.6 Å². The van der Waals surface area contributed by atoms with Gasteiger partial charge in [-0.25, -0.2) is 14.8 Å². The first-order valence-electron chi connectivity index (χ1n) is 11.1. The molecule has 1 amide bonds. The zero-order chi connectivity index (χ0) is 24.5. The number of nitrogens with two attached hydrogens (primary N) is 1. The largest absolute Gasteiger partial charge is 0.490 e. The van der Waals surface area contributed by atoms with Crippen LogP contribution in [-0.2, 0) is 4.74 Å². The lowest BCUT2D eigenvalue weighted by Crippen LogP contribution is -2.41. The van der Waals surface area contributed by atoms with E-state index in [1.165, 1.54) is 6.20 Å². The van der Waals surface area contributed by atoms with Crippen molar-refractivity contribution in [3.05, 3.63) is 33.7 Å². The van der Waals surface area contributed by atoms with E-state index in [1.54, 1.807) is 4.90 Å². The van der Waals surface area contributed by atoms with Crippen LogP contribution in [0.4, 0.5) is 10.5 Å². The van der Waals surface area contributed by atoms with Crippen LogP contribution in [0.1, 0.15) is 64.5 Å². The van der Waals surface area contributed by atoms with Crippen molar-refractivity contribution < 1.29 is 14.3 Å². The fourth-order valence-electron chi connectivity index (χ4n) is 4.03. The van der Waals surface area contributed by atoms with Crippen molar-refractivity contribution in [2.45, 2.75) is 72.0 Å². The molecule has 180 valence electrons. The maximum absolute atomic E-state index is 12.4. The van der Waals surface area contributed by atoms with Gasteiger partial charge in [0.1, 0.15) is 11.4 Å². The van der Waals surface area contributed by atoms with Gasteiger partial charge in [0.05, 0.1) is 28.6 Å². The Labute approximate surface area is 205 Å². The lowest BCUT2D eigenvalue weighted by atomic mass is 9.84. The van der Waals surface area contributed by atoms with Crippen LogP contribution in [-0.4, -0.2) is 45.8 Å². The summed E-state index contributed by atoms with van der Waals surface area (Å²) in [6.45, 7) is 12.8. The zero-order valence-electron chi connectivity index (χ0n) is 20.0. The van der Waals surface area contributed by atoms with Crippen LogP contribution in [0.3, 0.4) is 0 Å². The van der Waals surface area contributed by atoms with Crippen LogP contribution in [0.2, 0.25) is 10.3 Å². The summed E-state index contributed by atoms with van der Waals surface area (Å²) >= 11 is 12.4. The minimum Gasteiger partial charge on any atom is -0.490 e. The van der Waals surface area contributed by atoms with E-state index in [-0.39, 0.29) is 23.4 Å². The highest BCUT2D eigenvalue weighted by Crippen LogP contribution is 2.45. The average Bonchev–Trinajstić information content (AvgIpc) is 2.71. The number of ether oxygens (including phenoxy) is 2. The summed E-state index contributed by atoms with van der Waals surface area (Å²) in [4.78, 5) is 22.5. The van der Waals surface area contributed by atoms with Gasteiger partial charge < -0.3 is 20.1 Å². The molecule has 0 aliphatic carbocycles. The quantitative estimate of drug-likeness (QED) is 0.399. The Hall–Kier alpha value is -2.25. The minimum absolute atomic E-state index is 0.0798. The number of carbonyl (C=O) groups excluding carboxylic acids is 1. The standard InChI is InChI=1S/C24H32Cl2N4O3/c1-13(2)32-18-11-16(15-7-9-30(10-8-15)23(31)33-24(4,5)6)14(3)20(27)19(18)21-17(25)12-28-22(26)29-21/h11-13,15H,7-10,27H2,1-6H3. The Morgan fingerprint density at radius 2 is 1.88 bits per heavy atom. The van der Waals surface area contributed by atoms with Crippen molar-refractivity contribution in [3.8, 4) is 17.0 Å². The van der Waals surface area contributed by atoms with Crippen LogP contribution < -0.4 is 10.5 Å². The highest BCUT2D eigenvalue weighted by molar-refractivity contribution is 6.34. The summed E-state index contributed by atoms with van der Waals surface area (Å²) in [6.07, 6.45) is 2.72. The summed E-state index contributed by atoms with van der Waals surface area (Å²) in [5.41, 5.74) is 9.79. The summed E-state index contributed by atoms with van der Waals surface area (Å²) in [5.74, 6) is 0.841. The SMILES string of the molecule is Cc1c(C2CCN(C(=O)OC(C)(C)C)CC2)cc(OC(C)C)c(-c2nc(Cl)ncc2Cl)c1N. The number of nitrogen functional groups attached to an aromatic ring is 1. The van der Waals surface area contributed by atoms with Crippen molar-refractivity contribution in [1.82, 2.24) is 14.9 Å². The molecule has 0 atom stereocenters. The van der Waals surface area contributed by atoms with Gasteiger partial charge in [-0.2, -0.15) is 0 Å². The second-order valence-electron chi connectivity index (χ2n) is 9.62. The molecule has 33 heavy (non-hydrogen) atoms. The molecule has 2 heterocycles. The van der Waals surface area contributed by atoms with E-state index in [9.17, 15) is 4.79 Å². The lowest BCUT2D eigenvalue weighted by molar-refractivity contribution is 0.0204. The van der Waals surface area contributed by atoms with Crippen LogP contribution in [0.5, 0.6) is 5.75 Å². The zero-order valence-corrected chi connectivity index (χ0v) is 21.5. The third-order valence-corrected chi connectivity index (χ3v) is 6.00. The number of aromatic nitrogens is 2. The van der Waals surface area contributed by atoms with Crippen LogP contribution in [0.15, 0.2) is 12.3 Å². The average molecular weight is 495 g/mol. The van der Waals surface area contributed by atoms with Gasteiger partial charge in [0.2, 0.25) is 5.28 Å². The number of nitrogens with zero attached hydrogens (tertiary/aromatic N) is 3. The first-order valence-corrected chi connectivity index (χ1v) is 11.9. The number of benzene rings is 1. The summed E-state index contributed by atoms with van der Waals surface area (Å²) in [7, 11) is 0. The molecule has 0 saturated carbocycles. The second kappa shape index (κ2) is 9.94. The van der Waals surface area contributed by atoms with E-state index < -0.39 is 5.60 Å². The Bertz CT molecular complexity index is 1030. The maximum atomic E-state index is 12.4. The maximum Gasteiger partial charge on any atom is 0.410 e. The number of amides is 1. The van der Waals surface area contributed by atoms with E-state index in [4.69, 9.17) is 38.4 Å². The van der Waals surface area contributed by atoms with E-state index in [2.05, 4.69) is 9.97 Å². The van der Waals surface area contributed by atoms with Gasteiger partial charge in [-0.05, 0) is 89.1 Å². The van der Waals surface area contributed by atoms with Gasteiger partial charge in [-0.15, -0.1) is 0 Å². The number of hydrogen-bond donors (Lipinski definition) is 1. The van der Waals surface area contributed by atoms with Crippen molar-refractivity contribution in [1.29, 1.82) is 0 Å². The first kappa shape index (κ1) is 25.4. The molecule has 7 nitrogen and oxygen atoms in total. The summed E-state index contributed by atoms with van der Waals surface area (Å²) < 4.78 is 11.7. The third-order valence-electron chi connectivity index (χ3n) is 5.54. The van der Waals surface area contributed by atoms with E-state index in [0.717, 1.165) is 24.0 Å². The number of anilines is 1. The lowest BCUT2D eigenvalue weighted by Gasteiger charge is -2.34. The van der Waals surface area contributed by atoms with E-state index in [1.807, 2.05) is 47.6 Å². The smallest absolute Gasteiger partial charge is 0.410 e. The molecule has 0 spiro atoms. The molecule has 0 bridgehead atoms. The van der Waals surface area contributed by atoms with Crippen LogP contribution in [0, 0.1) is 6.92 Å². The number of rotatable bonds is 4. The molecule has 1 aliphatic heterocycles.